The Labute approximate surface area is 65.9 Å². The Bertz CT molecular complexity index is 87.3. The molecule has 1 saturated carbocycles. The molecule has 0 aromatic rings. The standard InChI is InChI=1S/C8H19NSi/c1-10(2)9-8-6-4-3-5-7-8/h8-10H,3-7H2,1-2H3. The Morgan fingerprint density at radius 1 is 1.10 bits per heavy atom. The van der Waals surface area contributed by atoms with Crippen LogP contribution in [0.2, 0.25) is 13.1 Å². The maximum absolute atomic E-state index is 3.72. The molecule has 0 unspecified atom stereocenters. The summed E-state index contributed by atoms with van der Waals surface area (Å²) in [6.07, 6.45) is 7.26. The lowest BCUT2D eigenvalue weighted by Gasteiger charge is -2.24. The van der Waals surface area contributed by atoms with Crippen LogP contribution in [0.4, 0.5) is 0 Å². The maximum Gasteiger partial charge on any atom is 0.102 e. The zero-order valence-corrected chi connectivity index (χ0v) is 8.34. The predicted molar refractivity (Wildman–Crippen MR) is 48.9 cm³/mol. The molecule has 1 aliphatic rings. The van der Waals surface area contributed by atoms with Crippen molar-refractivity contribution in [2.75, 3.05) is 0 Å². The van der Waals surface area contributed by atoms with Crippen LogP contribution in [0.5, 0.6) is 0 Å². The van der Waals surface area contributed by atoms with E-state index in [1.807, 2.05) is 0 Å². The van der Waals surface area contributed by atoms with Crippen molar-refractivity contribution in [3.63, 3.8) is 0 Å². The van der Waals surface area contributed by atoms with Crippen LogP contribution in [0.3, 0.4) is 0 Å². The fourth-order valence-corrected chi connectivity index (χ4v) is 3.02. The van der Waals surface area contributed by atoms with Gasteiger partial charge in [0.2, 0.25) is 0 Å². The molecule has 1 nitrogen and oxygen atoms in total. The monoisotopic (exact) mass is 157 g/mol. The third-order valence-electron chi connectivity index (χ3n) is 2.17. The maximum atomic E-state index is 3.72. The molecule has 0 radical (unpaired) electrons. The minimum absolute atomic E-state index is 0.494. The first-order valence-corrected chi connectivity index (χ1v) is 7.44. The van der Waals surface area contributed by atoms with E-state index in [9.17, 15) is 0 Å². The zero-order valence-electron chi connectivity index (χ0n) is 7.19. The van der Waals surface area contributed by atoms with Crippen LogP contribution in [-0.4, -0.2) is 15.0 Å². The molecule has 0 aromatic carbocycles. The molecule has 0 atom stereocenters. The van der Waals surface area contributed by atoms with Crippen LogP contribution in [0, 0.1) is 0 Å². The number of hydrogen-bond donors (Lipinski definition) is 1. The molecule has 1 aliphatic carbocycles. The summed E-state index contributed by atoms with van der Waals surface area (Å²) in [5.41, 5.74) is 0. The van der Waals surface area contributed by atoms with E-state index in [-0.39, 0.29) is 0 Å². The van der Waals surface area contributed by atoms with Gasteiger partial charge in [0.1, 0.15) is 8.96 Å². The normalized spacial score (nSPS) is 21.9. The molecule has 0 aliphatic heterocycles. The Morgan fingerprint density at radius 2 is 1.70 bits per heavy atom. The highest BCUT2D eigenvalue weighted by Crippen LogP contribution is 2.17. The summed E-state index contributed by atoms with van der Waals surface area (Å²) >= 11 is 0. The number of hydrogen-bond acceptors (Lipinski definition) is 1. The van der Waals surface area contributed by atoms with Crippen LogP contribution < -0.4 is 4.98 Å². The summed E-state index contributed by atoms with van der Waals surface area (Å²) in [4.78, 5) is 3.72. The van der Waals surface area contributed by atoms with E-state index in [1.165, 1.54) is 32.1 Å². The van der Waals surface area contributed by atoms with Crippen molar-refractivity contribution < 1.29 is 0 Å². The van der Waals surface area contributed by atoms with Crippen LogP contribution >= 0.6 is 0 Å². The molecule has 0 heterocycles. The van der Waals surface area contributed by atoms with Gasteiger partial charge in [-0.15, -0.1) is 0 Å². The minimum atomic E-state index is -0.494. The topological polar surface area (TPSA) is 12.0 Å². The molecule has 1 N–H and O–H groups in total. The highest BCUT2D eigenvalue weighted by molar-refractivity contribution is 6.52. The van der Waals surface area contributed by atoms with E-state index < -0.39 is 8.96 Å². The summed E-state index contributed by atoms with van der Waals surface area (Å²) in [6.45, 7) is 4.74. The van der Waals surface area contributed by atoms with Crippen molar-refractivity contribution in [1.29, 1.82) is 0 Å². The first-order chi connectivity index (χ1) is 4.79. The summed E-state index contributed by atoms with van der Waals surface area (Å²) in [5, 5.41) is 0. The van der Waals surface area contributed by atoms with Crippen LogP contribution in [0.1, 0.15) is 32.1 Å². The van der Waals surface area contributed by atoms with E-state index in [0.29, 0.717) is 0 Å². The molecule has 0 spiro atoms. The average molecular weight is 157 g/mol. The number of rotatable bonds is 2. The van der Waals surface area contributed by atoms with E-state index in [2.05, 4.69) is 18.1 Å². The molecular formula is C8H19NSi. The van der Waals surface area contributed by atoms with Gasteiger partial charge in [-0.2, -0.15) is 0 Å². The lowest BCUT2D eigenvalue weighted by molar-refractivity contribution is 0.417. The van der Waals surface area contributed by atoms with Gasteiger partial charge >= 0.3 is 0 Å². The van der Waals surface area contributed by atoms with Gasteiger partial charge in [-0.1, -0.05) is 32.4 Å². The fourth-order valence-electron chi connectivity index (χ4n) is 1.74. The second-order valence-electron chi connectivity index (χ2n) is 3.66. The average Bonchev–Trinajstić information content (AvgIpc) is 1.88. The molecule has 1 fully saturated rings. The lowest BCUT2D eigenvalue weighted by atomic mass is 9.96. The Hall–Kier alpha value is 0.177. The van der Waals surface area contributed by atoms with Gasteiger partial charge in [0.25, 0.3) is 0 Å². The van der Waals surface area contributed by atoms with Gasteiger partial charge in [0, 0.05) is 6.04 Å². The van der Waals surface area contributed by atoms with Crippen molar-refractivity contribution in [2.24, 2.45) is 0 Å². The van der Waals surface area contributed by atoms with Gasteiger partial charge in [-0.3, -0.25) is 0 Å². The Balaban J connectivity index is 2.13. The fraction of sp³-hybridized carbons (Fsp3) is 1.00. The van der Waals surface area contributed by atoms with Gasteiger partial charge in [-0.05, 0) is 12.8 Å². The van der Waals surface area contributed by atoms with E-state index in [1.54, 1.807) is 0 Å². The van der Waals surface area contributed by atoms with E-state index in [0.717, 1.165) is 6.04 Å². The Kier molecular flexibility index (Phi) is 3.42. The van der Waals surface area contributed by atoms with Gasteiger partial charge in [-0.25, -0.2) is 0 Å². The summed E-state index contributed by atoms with van der Waals surface area (Å²) < 4.78 is 0. The molecule has 0 bridgehead atoms. The molecule has 10 heavy (non-hydrogen) atoms. The molecule has 2 heteroatoms. The van der Waals surface area contributed by atoms with Crippen LogP contribution in [0.15, 0.2) is 0 Å². The second kappa shape index (κ2) is 4.14. The van der Waals surface area contributed by atoms with Crippen LogP contribution in [-0.2, 0) is 0 Å². The summed E-state index contributed by atoms with van der Waals surface area (Å²) in [5.74, 6) is 0. The summed E-state index contributed by atoms with van der Waals surface area (Å²) in [7, 11) is -0.494. The zero-order chi connectivity index (χ0) is 7.40. The van der Waals surface area contributed by atoms with Gasteiger partial charge in [0.15, 0.2) is 0 Å². The van der Waals surface area contributed by atoms with Crippen molar-refractivity contribution in [3.05, 3.63) is 0 Å². The van der Waals surface area contributed by atoms with Crippen molar-refractivity contribution in [3.8, 4) is 0 Å². The molecular weight excluding hydrogens is 138 g/mol. The smallest absolute Gasteiger partial charge is 0.102 e. The summed E-state index contributed by atoms with van der Waals surface area (Å²) in [6, 6.07) is 0.889. The van der Waals surface area contributed by atoms with Crippen molar-refractivity contribution >= 4 is 8.96 Å². The quantitative estimate of drug-likeness (QED) is 0.604. The first-order valence-electron chi connectivity index (χ1n) is 4.55. The van der Waals surface area contributed by atoms with E-state index in [4.69, 9.17) is 0 Å². The highest BCUT2D eigenvalue weighted by Gasteiger charge is 2.13. The molecule has 60 valence electrons. The number of nitrogens with one attached hydrogen (secondary N) is 1. The van der Waals surface area contributed by atoms with Crippen molar-refractivity contribution in [2.45, 2.75) is 51.2 Å². The molecule has 0 saturated heterocycles. The largest absolute Gasteiger partial charge is 0.337 e. The lowest BCUT2D eigenvalue weighted by Crippen LogP contribution is -2.38. The highest BCUT2D eigenvalue weighted by atomic mass is 28.3. The van der Waals surface area contributed by atoms with Crippen molar-refractivity contribution in [1.82, 2.24) is 4.98 Å². The van der Waals surface area contributed by atoms with Gasteiger partial charge in [0.05, 0.1) is 0 Å². The molecule has 0 aromatic heterocycles. The first kappa shape index (κ1) is 8.28. The van der Waals surface area contributed by atoms with E-state index >= 15 is 0 Å². The molecule has 1 rings (SSSR count). The SMILES string of the molecule is C[SiH](C)NC1CCCCC1. The minimum Gasteiger partial charge on any atom is -0.337 e. The van der Waals surface area contributed by atoms with Gasteiger partial charge < -0.3 is 4.98 Å². The second-order valence-corrected chi connectivity index (χ2v) is 6.30. The third-order valence-corrected chi connectivity index (χ3v) is 3.31. The Morgan fingerprint density at radius 3 is 2.20 bits per heavy atom. The predicted octanol–water partition coefficient (Wildman–Crippen LogP) is 1.89. The molecule has 0 amide bonds. The third kappa shape index (κ3) is 2.84. The van der Waals surface area contributed by atoms with Crippen LogP contribution in [0.25, 0.3) is 0 Å².